The van der Waals surface area contributed by atoms with Gasteiger partial charge in [0, 0.05) is 17.5 Å². The van der Waals surface area contributed by atoms with Crippen molar-refractivity contribution in [1.29, 1.82) is 0 Å². The van der Waals surface area contributed by atoms with Crippen LogP contribution >= 0.6 is 0 Å². The number of carboxylic acids is 1. The maximum absolute atomic E-state index is 13.5. The van der Waals surface area contributed by atoms with E-state index < -0.39 is 18.2 Å². The van der Waals surface area contributed by atoms with Crippen LogP contribution in [0, 0.1) is 0 Å². The van der Waals surface area contributed by atoms with Crippen LogP contribution in [-0.4, -0.2) is 35.1 Å². The summed E-state index contributed by atoms with van der Waals surface area (Å²) in [5.74, 6) is -0.886. The minimum Gasteiger partial charge on any atom is -0.493 e. The monoisotopic (exact) mass is 284 g/mol. The number of carboxylic acid groups (broad SMARTS) is 1. The van der Waals surface area contributed by atoms with Crippen molar-refractivity contribution in [3.05, 3.63) is 23.3 Å². The lowest BCUT2D eigenvalue weighted by molar-refractivity contribution is -0.147. The Morgan fingerprint density at radius 1 is 1.60 bits per heavy atom. The lowest BCUT2D eigenvalue weighted by Crippen LogP contribution is -2.23. The van der Waals surface area contributed by atoms with Crippen LogP contribution in [0.1, 0.15) is 31.1 Å². The Kier molecular flexibility index (Phi) is 4.13. The average Bonchev–Trinajstić information content (AvgIpc) is 2.75. The van der Waals surface area contributed by atoms with E-state index in [1.807, 2.05) is 6.92 Å². The molecule has 0 fully saturated rings. The number of ether oxygens (including phenoxy) is 2. The Balaban J connectivity index is 2.40. The number of aliphatic hydroxyl groups excluding tert-OH is 1. The SMILES string of the molecule is CCOc1cc2c(cc1C(O)C(F)C(=O)O)OC(C)C2. The van der Waals surface area contributed by atoms with E-state index in [4.69, 9.17) is 14.6 Å². The third-order valence-electron chi connectivity index (χ3n) is 3.16. The molecule has 0 spiro atoms. The van der Waals surface area contributed by atoms with Crippen LogP contribution in [0.15, 0.2) is 12.1 Å². The highest BCUT2D eigenvalue weighted by Gasteiger charge is 2.32. The fourth-order valence-corrected chi connectivity index (χ4v) is 2.26. The van der Waals surface area contributed by atoms with Gasteiger partial charge in [0.25, 0.3) is 0 Å². The van der Waals surface area contributed by atoms with Gasteiger partial charge in [0.2, 0.25) is 6.17 Å². The second-order valence-electron chi connectivity index (χ2n) is 4.75. The van der Waals surface area contributed by atoms with Crippen molar-refractivity contribution in [2.24, 2.45) is 0 Å². The number of fused-ring (bicyclic) bond motifs is 1. The molecule has 0 saturated heterocycles. The van der Waals surface area contributed by atoms with Gasteiger partial charge in [0.15, 0.2) is 0 Å². The number of aliphatic hydroxyl groups is 1. The second-order valence-corrected chi connectivity index (χ2v) is 4.75. The Labute approximate surface area is 115 Å². The molecule has 0 amide bonds. The van der Waals surface area contributed by atoms with E-state index in [0.29, 0.717) is 24.5 Å². The van der Waals surface area contributed by atoms with Gasteiger partial charge < -0.3 is 19.7 Å². The highest BCUT2D eigenvalue weighted by Crippen LogP contribution is 2.38. The molecule has 1 aliphatic rings. The van der Waals surface area contributed by atoms with E-state index in [1.165, 1.54) is 6.07 Å². The van der Waals surface area contributed by atoms with Crippen molar-refractivity contribution >= 4 is 5.97 Å². The predicted octanol–water partition coefficient (Wildman–Crippen LogP) is 1.86. The zero-order chi connectivity index (χ0) is 14.9. The Morgan fingerprint density at radius 3 is 2.90 bits per heavy atom. The fraction of sp³-hybridized carbons (Fsp3) is 0.500. The van der Waals surface area contributed by atoms with E-state index in [0.717, 1.165) is 5.56 Å². The van der Waals surface area contributed by atoms with Crippen molar-refractivity contribution < 1.29 is 28.9 Å². The molecule has 0 aromatic heterocycles. The molecule has 2 rings (SSSR count). The maximum atomic E-state index is 13.5. The molecule has 1 heterocycles. The second kappa shape index (κ2) is 5.66. The summed E-state index contributed by atoms with van der Waals surface area (Å²) in [6, 6.07) is 3.14. The standard InChI is InChI=1S/C14H17FO5/c1-3-19-11-5-8-4-7(2)20-10(8)6-9(11)13(16)12(15)14(17)18/h5-7,12-13,16H,3-4H2,1-2H3,(H,17,18). The van der Waals surface area contributed by atoms with Gasteiger partial charge >= 0.3 is 5.97 Å². The van der Waals surface area contributed by atoms with Gasteiger partial charge in [-0.2, -0.15) is 0 Å². The molecular weight excluding hydrogens is 267 g/mol. The van der Waals surface area contributed by atoms with E-state index in [-0.39, 0.29) is 11.7 Å². The first-order valence-electron chi connectivity index (χ1n) is 6.45. The third kappa shape index (κ3) is 2.70. The molecule has 1 aromatic rings. The van der Waals surface area contributed by atoms with Gasteiger partial charge in [-0.05, 0) is 26.0 Å². The topological polar surface area (TPSA) is 76.0 Å². The number of aliphatic carboxylic acids is 1. The summed E-state index contributed by atoms with van der Waals surface area (Å²) in [6.07, 6.45) is -3.51. The summed E-state index contributed by atoms with van der Waals surface area (Å²) in [5, 5.41) is 18.5. The summed E-state index contributed by atoms with van der Waals surface area (Å²) in [4.78, 5) is 10.7. The fourth-order valence-electron chi connectivity index (χ4n) is 2.26. The van der Waals surface area contributed by atoms with Crippen molar-refractivity contribution in [2.75, 3.05) is 6.61 Å². The van der Waals surface area contributed by atoms with Crippen molar-refractivity contribution in [3.8, 4) is 11.5 Å². The van der Waals surface area contributed by atoms with Crippen LogP contribution in [-0.2, 0) is 11.2 Å². The van der Waals surface area contributed by atoms with Crippen molar-refractivity contribution in [1.82, 2.24) is 0 Å². The number of alkyl halides is 1. The first-order chi connectivity index (χ1) is 9.43. The molecule has 0 bridgehead atoms. The van der Waals surface area contributed by atoms with E-state index >= 15 is 0 Å². The van der Waals surface area contributed by atoms with Crippen LogP contribution in [0.3, 0.4) is 0 Å². The zero-order valence-electron chi connectivity index (χ0n) is 11.3. The summed E-state index contributed by atoms with van der Waals surface area (Å²) < 4.78 is 24.4. The van der Waals surface area contributed by atoms with Gasteiger partial charge in [-0.25, -0.2) is 9.18 Å². The molecule has 1 aliphatic heterocycles. The van der Waals surface area contributed by atoms with Gasteiger partial charge in [-0.15, -0.1) is 0 Å². The van der Waals surface area contributed by atoms with Crippen LogP contribution in [0.25, 0.3) is 0 Å². The lowest BCUT2D eigenvalue weighted by Gasteiger charge is -2.18. The molecule has 0 aliphatic carbocycles. The zero-order valence-corrected chi connectivity index (χ0v) is 11.3. The highest BCUT2D eigenvalue weighted by molar-refractivity contribution is 5.73. The predicted molar refractivity (Wildman–Crippen MR) is 68.9 cm³/mol. The lowest BCUT2D eigenvalue weighted by atomic mass is 10.0. The first kappa shape index (κ1) is 14.6. The van der Waals surface area contributed by atoms with Gasteiger partial charge in [-0.1, -0.05) is 0 Å². The molecule has 3 atom stereocenters. The Morgan fingerprint density at radius 2 is 2.30 bits per heavy atom. The van der Waals surface area contributed by atoms with Crippen LogP contribution in [0.5, 0.6) is 11.5 Å². The van der Waals surface area contributed by atoms with Crippen LogP contribution < -0.4 is 9.47 Å². The molecule has 20 heavy (non-hydrogen) atoms. The van der Waals surface area contributed by atoms with E-state index in [9.17, 15) is 14.3 Å². The summed E-state index contributed by atoms with van der Waals surface area (Å²) in [6.45, 7) is 3.98. The minimum atomic E-state index is -2.41. The smallest absolute Gasteiger partial charge is 0.341 e. The summed E-state index contributed by atoms with van der Waals surface area (Å²) in [5.41, 5.74) is 0.997. The molecule has 0 radical (unpaired) electrons. The van der Waals surface area contributed by atoms with Crippen molar-refractivity contribution in [2.45, 2.75) is 38.6 Å². The third-order valence-corrected chi connectivity index (χ3v) is 3.16. The summed E-state index contributed by atoms with van der Waals surface area (Å²) >= 11 is 0. The minimum absolute atomic E-state index is 0.00693. The highest BCUT2D eigenvalue weighted by atomic mass is 19.1. The molecule has 0 saturated carbocycles. The Hall–Kier alpha value is -1.82. The van der Waals surface area contributed by atoms with E-state index in [1.54, 1.807) is 13.0 Å². The number of rotatable bonds is 5. The van der Waals surface area contributed by atoms with E-state index in [2.05, 4.69) is 0 Å². The van der Waals surface area contributed by atoms with Crippen LogP contribution in [0.2, 0.25) is 0 Å². The number of carbonyl (C=O) groups is 1. The number of hydrogen-bond acceptors (Lipinski definition) is 4. The van der Waals surface area contributed by atoms with Crippen LogP contribution in [0.4, 0.5) is 4.39 Å². The molecular formula is C14H17FO5. The molecule has 2 N–H and O–H groups in total. The van der Waals surface area contributed by atoms with Gasteiger partial charge in [0.05, 0.1) is 6.61 Å². The quantitative estimate of drug-likeness (QED) is 0.863. The summed E-state index contributed by atoms with van der Waals surface area (Å²) in [7, 11) is 0. The number of halogens is 1. The first-order valence-corrected chi connectivity index (χ1v) is 6.45. The molecule has 6 heteroatoms. The maximum Gasteiger partial charge on any atom is 0.341 e. The van der Waals surface area contributed by atoms with Gasteiger partial charge in [-0.3, -0.25) is 0 Å². The molecule has 110 valence electrons. The van der Waals surface area contributed by atoms with Gasteiger partial charge in [0.1, 0.15) is 23.7 Å². The molecule has 1 aromatic carbocycles. The largest absolute Gasteiger partial charge is 0.493 e. The van der Waals surface area contributed by atoms with Crippen molar-refractivity contribution in [3.63, 3.8) is 0 Å². The number of benzene rings is 1. The number of hydrogen-bond donors (Lipinski definition) is 2. The average molecular weight is 284 g/mol. The molecule has 3 unspecified atom stereocenters. The Bertz CT molecular complexity index is 517. The normalized spacial score (nSPS) is 19.9. The molecule has 5 nitrogen and oxygen atoms in total.